The predicted octanol–water partition coefficient (Wildman–Crippen LogP) is 1.79. The van der Waals surface area contributed by atoms with Crippen LogP contribution in [0.5, 0.6) is 0 Å². The van der Waals surface area contributed by atoms with Gasteiger partial charge in [0.15, 0.2) is 0 Å². The molecule has 1 amide bonds. The highest BCUT2D eigenvalue weighted by Gasteiger charge is 2.41. The second kappa shape index (κ2) is 6.02. The summed E-state index contributed by atoms with van der Waals surface area (Å²) in [7, 11) is 0. The number of nitrogens with two attached hydrogens (primary N) is 1. The van der Waals surface area contributed by atoms with Crippen LogP contribution in [0.15, 0.2) is 24.3 Å². The third kappa shape index (κ3) is 3.25. The number of nitrogen functional groups attached to an aromatic ring is 1. The van der Waals surface area contributed by atoms with Gasteiger partial charge in [-0.25, -0.2) is 0 Å². The maximum atomic E-state index is 11.5. The minimum atomic E-state index is 0. The summed E-state index contributed by atoms with van der Waals surface area (Å²) in [6.07, 6.45) is 3.04. The van der Waals surface area contributed by atoms with Crippen molar-refractivity contribution in [2.24, 2.45) is 5.41 Å². The van der Waals surface area contributed by atoms with Gasteiger partial charge in [0.1, 0.15) is 0 Å². The van der Waals surface area contributed by atoms with E-state index in [1.807, 2.05) is 18.2 Å². The zero-order valence-electron chi connectivity index (χ0n) is 11.6. The minimum absolute atomic E-state index is 0. The SMILES string of the molecule is Cl.Nc1cccc(CN2CCCC3(CNC(=O)C3)C2)c1. The first-order valence-electron chi connectivity index (χ1n) is 6.99. The summed E-state index contributed by atoms with van der Waals surface area (Å²) in [4.78, 5) is 13.9. The van der Waals surface area contributed by atoms with E-state index in [0.29, 0.717) is 6.42 Å². The molecule has 5 heteroatoms. The van der Waals surface area contributed by atoms with E-state index in [4.69, 9.17) is 5.73 Å². The van der Waals surface area contributed by atoms with Gasteiger partial charge in [0.25, 0.3) is 0 Å². The molecule has 2 heterocycles. The summed E-state index contributed by atoms with van der Waals surface area (Å²) in [5.74, 6) is 0.214. The lowest BCUT2D eigenvalue weighted by Crippen LogP contribution is -2.43. The number of carbonyl (C=O) groups excluding carboxylic acids is 1. The quantitative estimate of drug-likeness (QED) is 0.818. The highest BCUT2D eigenvalue weighted by molar-refractivity contribution is 5.85. The maximum absolute atomic E-state index is 11.5. The number of likely N-dealkylation sites (tertiary alicyclic amines) is 1. The summed E-state index contributed by atoms with van der Waals surface area (Å²) in [6.45, 7) is 3.91. The molecule has 0 radical (unpaired) electrons. The van der Waals surface area contributed by atoms with Crippen molar-refractivity contribution < 1.29 is 4.79 Å². The minimum Gasteiger partial charge on any atom is -0.399 e. The van der Waals surface area contributed by atoms with E-state index in [-0.39, 0.29) is 23.7 Å². The number of amides is 1. The molecule has 4 nitrogen and oxygen atoms in total. The van der Waals surface area contributed by atoms with Gasteiger partial charge in [0.05, 0.1) is 0 Å². The van der Waals surface area contributed by atoms with Crippen LogP contribution in [0.25, 0.3) is 0 Å². The van der Waals surface area contributed by atoms with Gasteiger partial charge in [-0.1, -0.05) is 12.1 Å². The molecule has 0 aromatic heterocycles. The van der Waals surface area contributed by atoms with Crippen LogP contribution in [-0.2, 0) is 11.3 Å². The molecule has 3 rings (SSSR count). The van der Waals surface area contributed by atoms with Crippen molar-refractivity contribution in [3.05, 3.63) is 29.8 Å². The fraction of sp³-hybridized carbons (Fsp3) is 0.533. The Bertz CT molecular complexity index is 494. The normalized spacial score (nSPS) is 26.3. The standard InChI is InChI=1S/C15H21N3O.ClH/c16-13-4-1-3-12(7-13)9-18-6-2-5-15(11-18)8-14(19)17-10-15;/h1,3-4,7H,2,5-6,8-11,16H2,(H,17,19);1H. The number of hydrogen-bond acceptors (Lipinski definition) is 3. The molecule has 1 spiro atoms. The monoisotopic (exact) mass is 295 g/mol. The van der Waals surface area contributed by atoms with Gasteiger partial charge in [-0.05, 0) is 37.1 Å². The van der Waals surface area contributed by atoms with Crippen LogP contribution in [-0.4, -0.2) is 30.4 Å². The summed E-state index contributed by atoms with van der Waals surface area (Å²) in [5.41, 5.74) is 8.08. The zero-order chi connectivity index (χ0) is 13.3. The largest absolute Gasteiger partial charge is 0.399 e. The Labute approximate surface area is 126 Å². The molecular formula is C15H22ClN3O. The molecule has 1 aromatic carbocycles. The predicted molar refractivity (Wildman–Crippen MR) is 82.7 cm³/mol. The third-order valence-electron chi connectivity index (χ3n) is 4.29. The van der Waals surface area contributed by atoms with Crippen molar-refractivity contribution in [1.29, 1.82) is 0 Å². The molecule has 2 aliphatic heterocycles. The van der Waals surface area contributed by atoms with E-state index in [1.165, 1.54) is 18.4 Å². The molecule has 0 saturated carbocycles. The van der Waals surface area contributed by atoms with Gasteiger partial charge in [-0.3, -0.25) is 9.69 Å². The van der Waals surface area contributed by atoms with Crippen molar-refractivity contribution in [2.45, 2.75) is 25.8 Å². The molecule has 110 valence electrons. The van der Waals surface area contributed by atoms with Crippen molar-refractivity contribution >= 4 is 24.0 Å². The molecular weight excluding hydrogens is 274 g/mol. The Kier molecular flexibility index (Phi) is 4.55. The molecule has 1 atom stereocenters. The number of halogens is 1. The lowest BCUT2D eigenvalue weighted by atomic mass is 9.79. The van der Waals surface area contributed by atoms with E-state index in [2.05, 4.69) is 16.3 Å². The first kappa shape index (κ1) is 15.1. The van der Waals surface area contributed by atoms with E-state index in [1.54, 1.807) is 0 Å². The number of piperidine rings is 1. The van der Waals surface area contributed by atoms with Crippen LogP contribution >= 0.6 is 12.4 Å². The lowest BCUT2D eigenvalue weighted by molar-refractivity contribution is -0.119. The molecule has 0 bridgehead atoms. The maximum Gasteiger partial charge on any atom is 0.220 e. The second-order valence-electron chi connectivity index (χ2n) is 6.01. The van der Waals surface area contributed by atoms with Gasteiger partial charge in [-0.15, -0.1) is 12.4 Å². The lowest BCUT2D eigenvalue weighted by Gasteiger charge is -2.39. The summed E-state index contributed by atoms with van der Waals surface area (Å²) in [6, 6.07) is 8.08. The first-order valence-corrected chi connectivity index (χ1v) is 6.99. The number of nitrogens with zero attached hydrogens (tertiary/aromatic N) is 1. The average Bonchev–Trinajstić information content (AvgIpc) is 2.70. The molecule has 20 heavy (non-hydrogen) atoms. The van der Waals surface area contributed by atoms with E-state index < -0.39 is 0 Å². The molecule has 2 saturated heterocycles. The third-order valence-corrected chi connectivity index (χ3v) is 4.29. The smallest absolute Gasteiger partial charge is 0.220 e. The van der Waals surface area contributed by atoms with Crippen LogP contribution in [0.1, 0.15) is 24.8 Å². The van der Waals surface area contributed by atoms with Crippen molar-refractivity contribution in [1.82, 2.24) is 10.2 Å². The fourth-order valence-corrected chi connectivity index (χ4v) is 3.44. The van der Waals surface area contributed by atoms with E-state index >= 15 is 0 Å². The first-order chi connectivity index (χ1) is 9.15. The van der Waals surface area contributed by atoms with Gasteiger partial charge >= 0.3 is 0 Å². The summed E-state index contributed by atoms with van der Waals surface area (Å²) < 4.78 is 0. The van der Waals surface area contributed by atoms with Crippen molar-refractivity contribution in [3.8, 4) is 0 Å². The fourth-order valence-electron chi connectivity index (χ4n) is 3.44. The van der Waals surface area contributed by atoms with E-state index in [0.717, 1.165) is 31.9 Å². The van der Waals surface area contributed by atoms with Crippen LogP contribution < -0.4 is 11.1 Å². The molecule has 1 aromatic rings. The molecule has 2 aliphatic rings. The molecule has 2 fully saturated rings. The Balaban J connectivity index is 0.00000147. The molecule has 3 N–H and O–H groups in total. The van der Waals surface area contributed by atoms with Gasteiger partial charge in [-0.2, -0.15) is 0 Å². The van der Waals surface area contributed by atoms with Crippen LogP contribution in [0.3, 0.4) is 0 Å². The van der Waals surface area contributed by atoms with Gasteiger partial charge < -0.3 is 11.1 Å². The average molecular weight is 296 g/mol. The van der Waals surface area contributed by atoms with Crippen LogP contribution in [0.4, 0.5) is 5.69 Å². The number of hydrogen-bond donors (Lipinski definition) is 2. The number of nitrogens with one attached hydrogen (secondary N) is 1. The Morgan fingerprint density at radius 3 is 2.95 bits per heavy atom. The number of benzene rings is 1. The zero-order valence-corrected chi connectivity index (χ0v) is 12.4. The molecule has 1 unspecified atom stereocenters. The topological polar surface area (TPSA) is 58.4 Å². The van der Waals surface area contributed by atoms with Crippen LogP contribution in [0.2, 0.25) is 0 Å². The van der Waals surface area contributed by atoms with Gasteiger partial charge in [0.2, 0.25) is 5.91 Å². The summed E-state index contributed by atoms with van der Waals surface area (Å²) >= 11 is 0. The highest BCUT2D eigenvalue weighted by atomic mass is 35.5. The Morgan fingerprint density at radius 1 is 1.40 bits per heavy atom. The Hall–Kier alpha value is -1.26. The number of anilines is 1. The number of carbonyl (C=O) groups is 1. The van der Waals surface area contributed by atoms with Gasteiger partial charge in [0, 0.05) is 37.2 Å². The van der Waals surface area contributed by atoms with Crippen molar-refractivity contribution in [3.63, 3.8) is 0 Å². The highest BCUT2D eigenvalue weighted by Crippen LogP contribution is 2.36. The Morgan fingerprint density at radius 2 is 2.25 bits per heavy atom. The number of rotatable bonds is 2. The van der Waals surface area contributed by atoms with E-state index in [9.17, 15) is 4.79 Å². The van der Waals surface area contributed by atoms with Crippen LogP contribution in [0, 0.1) is 5.41 Å². The van der Waals surface area contributed by atoms with Crippen molar-refractivity contribution in [2.75, 3.05) is 25.4 Å². The molecule has 0 aliphatic carbocycles. The summed E-state index contributed by atoms with van der Waals surface area (Å²) in [5, 5.41) is 2.99. The second-order valence-corrected chi connectivity index (χ2v) is 6.01.